The lowest BCUT2D eigenvalue weighted by atomic mass is 9.44. The van der Waals surface area contributed by atoms with Gasteiger partial charge in [-0.2, -0.15) is 0 Å². The van der Waals surface area contributed by atoms with E-state index in [0.717, 1.165) is 6.08 Å². The first kappa shape index (κ1) is 14.6. The monoisotopic (exact) mass is 397 g/mol. The maximum absolute atomic E-state index is 17.2. The molecule has 5 nitrogen and oxygen atoms in total. The van der Waals surface area contributed by atoms with Crippen LogP contribution < -0.4 is 0 Å². The number of hydrogen-bond acceptors (Lipinski definition) is 5. The standard InChI is InChI=1S/C22H29FO5/c1-12-8-16-15-5-4-13-9-14(25)6-7-19(13,2)21(15,23)17(26)10-20(16,3)22(12,28)18(27)11-24/h6-7,9,12,15-17,24,26,28H,4-5,8,10-11H2,1-3H3/t12-,15-,16-,17-,19-,20-,21-,22-/m0/s1/i4D2,9D,11D2. The maximum atomic E-state index is 17.2. The van der Waals surface area contributed by atoms with Crippen molar-refractivity contribution in [1.82, 2.24) is 0 Å². The number of allylic oxidation sites excluding steroid dienone is 4. The summed E-state index contributed by atoms with van der Waals surface area (Å²) in [4.78, 5) is 25.0. The van der Waals surface area contributed by atoms with Gasteiger partial charge in [0.2, 0.25) is 0 Å². The number of carbonyl (C=O) groups is 2. The van der Waals surface area contributed by atoms with Crippen LogP contribution in [0.4, 0.5) is 4.39 Å². The van der Waals surface area contributed by atoms with Gasteiger partial charge < -0.3 is 15.3 Å². The normalized spacial score (nSPS) is 57.8. The fraction of sp³-hybridized carbons (Fsp3) is 0.727. The fourth-order valence-corrected chi connectivity index (χ4v) is 6.63. The van der Waals surface area contributed by atoms with Gasteiger partial charge in [-0.1, -0.05) is 25.5 Å². The molecular weight excluding hydrogens is 363 g/mol. The molecule has 0 spiro atoms. The van der Waals surface area contributed by atoms with Crippen LogP contribution in [0, 0.1) is 28.6 Å². The molecule has 4 rings (SSSR count). The summed E-state index contributed by atoms with van der Waals surface area (Å²) in [5, 5.41) is 32.5. The highest BCUT2D eigenvalue weighted by atomic mass is 19.1. The Morgan fingerprint density at radius 2 is 2.14 bits per heavy atom. The Balaban J connectivity index is 1.93. The van der Waals surface area contributed by atoms with E-state index >= 15 is 4.39 Å². The van der Waals surface area contributed by atoms with Gasteiger partial charge in [-0.3, -0.25) is 9.59 Å². The predicted molar refractivity (Wildman–Crippen MR) is 99.9 cm³/mol. The van der Waals surface area contributed by atoms with Crippen molar-refractivity contribution in [2.45, 2.75) is 63.8 Å². The van der Waals surface area contributed by atoms with Crippen LogP contribution in [0.15, 0.2) is 23.8 Å². The molecule has 6 heteroatoms. The number of Topliss-reactive ketones (excluding diaryl/α,β-unsaturated/α-hetero) is 1. The van der Waals surface area contributed by atoms with Gasteiger partial charge in [0.15, 0.2) is 17.2 Å². The van der Waals surface area contributed by atoms with Crippen LogP contribution in [0.25, 0.3) is 0 Å². The van der Waals surface area contributed by atoms with Crippen LogP contribution >= 0.6 is 0 Å². The van der Waals surface area contributed by atoms with E-state index in [1.165, 1.54) is 26.8 Å². The quantitative estimate of drug-likeness (QED) is 0.662. The summed E-state index contributed by atoms with van der Waals surface area (Å²) >= 11 is 0. The lowest BCUT2D eigenvalue weighted by molar-refractivity contribution is -0.219. The number of fused-ring (bicyclic) bond motifs is 5. The van der Waals surface area contributed by atoms with Crippen LogP contribution in [0.2, 0.25) is 0 Å². The fourth-order valence-electron chi connectivity index (χ4n) is 6.63. The highest BCUT2D eigenvalue weighted by molar-refractivity contribution is 6.01. The molecule has 0 heterocycles. The van der Waals surface area contributed by atoms with E-state index in [9.17, 15) is 24.9 Å². The highest BCUT2D eigenvalue weighted by Gasteiger charge is 2.75. The van der Waals surface area contributed by atoms with Crippen molar-refractivity contribution < 1.29 is 36.2 Å². The average Bonchev–Trinajstić information content (AvgIpc) is 2.87. The van der Waals surface area contributed by atoms with Crippen LogP contribution in [-0.4, -0.2) is 50.8 Å². The number of hydrogen-bond donors (Lipinski definition) is 3. The van der Waals surface area contributed by atoms with E-state index in [1.807, 2.05) is 0 Å². The molecule has 28 heavy (non-hydrogen) atoms. The molecular formula is C22H29FO5. The number of ketones is 2. The van der Waals surface area contributed by atoms with E-state index in [0.29, 0.717) is 0 Å². The third-order valence-corrected chi connectivity index (χ3v) is 8.22. The van der Waals surface area contributed by atoms with Gasteiger partial charge in [-0.15, -0.1) is 0 Å². The summed E-state index contributed by atoms with van der Waals surface area (Å²) in [7, 11) is 0. The largest absolute Gasteiger partial charge is 0.390 e. The smallest absolute Gasteiger partial charge is 0.190 e. The predicted octanol–water partition coefficient (Wildman–Crippen LogP) is 1.90. The van der Waals surface area contributed by atoms with Crippen molar-refractivity contribution >= 4 is 11.6 Å². The molecule has 4 aliphatic rings. The minimum absolute atomic E-state index is 0.0411. The van der Waals surface area contributed by atoms with Gasteiger partial charge in [0, 0.05) is 19.5 Å². The minimum Gasteiger partial charge on any atom is -0.390 e. The summed E-state index contributed by atoms with van der Waals surface area (Å²) < 4.78 is 57.7. The third-order valence-electron chi connectivity index (χ3n) is 8.22. The number of rotatable bonds is 2. The van der Waals surface area contributed by atoms with Gasteiger partial charge in [0.1, 0.15) is 12.2 Å². The van der Waals surface area contributed by atoms with Gasteiger partial charge in [-0.25, -0.2) is 4.39 Å². The second-order valence-electron chi connectivity index (χ2n) is 9.24. The molecule has 0 amide bonds. The third kappa shape index (κ3) is 2.01. The first-order valence-electron chi connectivity index (χ1n) is 12.1. The van der Waals surface area contributed by atoms with Crippen molar-refractivity contribution in [3.05, 3.63) is 23.8 Å². The van der Waals surface area contributed by atoms with Crippen molar-refractivity contribution in [2.24, 2.45) is 28.6 Å². The maximum Gasteiger partial charge on any atom is 0.190 e. The molecule has 0 aromatic rings. The molecule has 3 fully saturated rings. The van der Waals surface area contributed by atoms with Crippen LogP contribution in [0.3, 0.4) is 0 Å². The topological polar surface area (TPSA) is 94.8 Å². The highest BCUT2D eigenvalue weighted by Crippen LogP contribution is 2.70. The second-order valence-corrected chi connectivity index (χ2v) is 9.24. The van der Waals surface area contributed by atoms with Gasteiger partial charge in [0.05, 0.1) is 10.2 Å². The molecule has 0 aliphatic heterocycles. The lowest BCUT2D eigenvalue weighted by Gasteiger charge is -2.62. The Labute approximate surface area is 171 Å². The van der Waals surface area contributed by atoms with Gasteiger partial charge in [0.25, 0.3) is 0 Å². The zero-order valence-corrected chi connectivity index (χ0v) is 16.1. The summed E-state index contributed by atoms with van der Waals surface area (Å²) in [6, 6.07) is -0.638. The molecule has 0 bridgehead atoms. The Morgan fingerprint density at radius 1 is 1.46 bits per heavy atom. The summed E-state index contributed by atoms with van der Waals surface area (Å²) in [5.74, 6) is -5.17. The van der Waals surface area contributed by atoms with Crippen LogP contribution in [0.5, 0.6) is 0 Å². The number of aliphatic hydroxyl groups excluding tert-OH is 1. The first-order chi connectivity index (χ1) is 14.8. The molecule has 3 saturated carbocycles. The zero-order valence-electron chi connectivity index (χ0n) is 21.1. The van der Waals surface area contributed by atoms with Crippen molar-refractivity contribution in [3.63, 3.8) is 0 Å². The van der Waals surface area contributed by atoms with E-state index in [4.69, 9.17) is 6.85 Å². The van der Waals surface area contributed by atoms with E-state index in [1.54, 1.807) is 0 Å². The number of halogens is 1. The summed E-state index contributed by atoms with van der Waals surface area (Å²) in [6.45, 7) is 0.946. The molecule has 0 aromatic heterocycles. The number of aliphatic hydroxyl groups is 3. The van der Waals surface area contributed by atoms with E-state index in [2.05, 4.69) is 0 Å². The molecule has 3 N–H and O–H groups in total. The van der Waals surface area contributed by atoms with Crippen molar-refractivity contribution in [3.8, 4) is 0 Å². The lowest BCUT2D eigenvalue weighted by Crippen LogP contribution is -2.69. The molecule has 0 aromatic carbocycles. The number of carbonyl (C=O) groups excluding carboxylic acids is 2. The Bertz CT molecular complexity index is 1010. The SMILES string of the molecule is [2H]C1=C2C([2H])([2H])C[C@H]3[C@@H]4C[C@H](C)[C@](O)(C(=O)C([2H])([2H])O)[C@@]4(C)C[C@H](O)[C@]3(F)[C@@]2(C)C=CC1=O. The molecule has 4 aliphatic carbocycles. The Morgan fingerprint density at radius 3 is 2.79 bits per heavy atom. The number of alkyl halides is 1. The molecule has 8 atom stereocenters. The zero-order chi connectivity index (χ0) is 25.2. The van der Waals surface area contributed by atoms with E-state index in [-0.39, 0.29) is 12.0 Å². The second kappa shape index (κ2) is 5.83. The minimum atomic E-state index is -3.36. The average molecular weight is 397 g/mol. The van der Waals surface area contributed by atoms with Crippen molar-refractivity contribution in [1.29, 1.82) is 0 Å². The molecule has 0 unspecified atom stereocenters. The first-order valence-corrected chi connectivity index (χ1v) is 9.62. The van der Waals surface area contributed by atoms with Crippen molar-refractivity contribution in [2.75, 3.05) is 6.56 Å². The Hall–Kier alpha value is -1.37. The summed E-state index contributed by atoms with van der Waals surface area (Å²) in [6.07, 6.45) is -2.76. The Kier molecular flexibility index (Phi) is 3.04. The summed E-state index contributed by atoms with van der Waals surface area (Å²) in [5.41, 5.74) is -8.61. The van der Waals surface area contributed by atoms with Crippen LogP contribution in [-0.2, 0) is 9.59 Å². The van der Waals surface area contributed by atoms with Gasteiger partial charge >= 0.3 is 0 Å². The molecule has 154 valence electrons. The van der Waals surface area contributed by atoms with E-state index < -0.39 is 89.3 Å². The van der Waals surface area contributed by atoms with Gasteiger partial charge in [-0.05, 0) is 56.5 Å². The molecule has 0 saturated heterocycles. The van der Waals surface area contributed by atoms with Crippen LogP contribution in [0.1, 0.15) is 53.3 Å². The molecule has 0 radical (unpaired) electrons.